The Morgan fingerprint density at radius 1 is 1.55 bits per heavy atom. The number of nitriles is 1. The van der Waals surface area contributed by atoms with E-state index in [0.717, 1.165) is 0 Å². The Hall–Kier alpha value is -1.88. The van der Waals surface area contributed by atoms with Crippen molar-refractivity contribution in [3.8, 4) is 17.6 Å². The van der Waals surface area contributed by atoms with E-state index in [2.05, 4.69) is 0 Å². The molecule has 0 spiro atoms. The molecule has 0 saturated carbocycles. The first kappa shape index (κ1) is 14.5. The van der Waals surface area contributed by atoms with Crippen molar-refractivity contribution >= 4 is 0 Å². The normalized spacial score (nSPS) is 16.9. The van der Waals surface area contributed by atoms with Gasteiger partial charge < -0.3 is 24.4 Å². The van der Waals surface area contributed by atoms with Gasteiger partial charge in [0, 0.05) is 0 Å². The summed E-state index contributed by atoms with van der Waals surface area (Å²) in [5.74, 6) is -1.75. The zero-order valence-electron chi connectivity index (χ0n) is 10.8. The molecule has 1 aliphatic rings. The van der Waals surface area contributed by atoms with Gasteiger partial charge in [0.1, 0.15) is 24.0 Å². The number of phenols is 1. The minimum Gasteiger partial charge on any atom is -0.506 e. The number of rotatable bonds is 4. The van der Waals surface area contributed by atoms with Gasteiger partial charge in [-0.25, -0.2) is 4.39 Å². The highest BCUT2D eigenvalue weighted by Crippen LogP contribution is 2.38. The van der Waals surface area contributed by atoms with Crippen LogP contribution in [0.15, 0.2) is 6.07 Å². The average Bonchev–Trinajstić information content (AvgIpc) is 2.92. The van der Waals surface area contributed by atoms with Crippen LogP contribution in [-0.2, 0) is 9.47 Å². The van der Waals surface area contributed by atoms with Gasteiger partial charge in [-0.2, -0.15) is 5.26 Å². The predicted octanol–water partition coefficient (Wildman–Crippen LogP) is 1.21. The summed E-state index contributed by atoms with van der Waals surface area (Å²) in [5, 5.41) is 28.0. The van der Waals surface area contributed by atoms with Crippen molar-refractivity contribution in [3.05, 3.63) is 23.0 Å². The van der Waals surface area contributed by atoms with Crippen molar-refractivity contribution in [2.24, 2.45) is 0 Å². The van der Waals surface area contributed by atoms with Crippen LogP contribution in [0.25, 0.3) is 0 Å². The number of aromatic hydroxyl groups is 1. The second-order valence-corrected chi connectivity index (χ2v) is 4.35. The quantitative estimate of drug-likeness (QED) is 0.863. The first-order chi connectivity index (χ1) is 9.54. The Morgan fingerprint density at radius 2 is 2.20 bits per heavy atom. The molecule has 0 aromatic heterocycles. The van der Waals surface area contributed by atoms with E-state index in [0.29, 0.717) is 13.2 Å². The maximum Gasteiger partial charge on any atom is 0.187 e. The van der Waals surface area contributed by atoms with Crippen molar-refractivity contribution in [1.82, 2.24) is 0 Å². The zero-order valence-corrected chi connectivity index (χ0v) is 10.8. The summed E-state index contributed by atoms with van der Waals surface area (Å²) in [6, 6.07) is 2.79. The molecule has 1 aromatic carbocycles. The van der Waals surface area contributed by atoms with Gasteiger partial charge in [0.25, 0.3) is 0 Å². The Balaban J connectivity index is 2.41. The summed E-state index contributed by atoms with van der Waals surface area (Å²) in [7, 11) is 0. The van der Waals surface area contributed by atoms with Gasteiger partial charge in [-0.05, 0) is 13.0 Å². The third-order valence-corrected chi connectivity index (χ3v) is 2.70. The third kappa shape index (κ3) is 2.82. The zero-order chi connectivity index (χ0) is 14.7. The fraction of sp³-hybridized carbons (Fsp3) is 0.462. The summed E-state index contributed by atoms with van der Waals surface area (Å²) < 4.78 is 29.5. The van der Waals surface area contributed by atoms with Crippen LogP contribution in [0.4, 0.5) is 4.39 Å². The van der Waals surface area contributed by atoms with Gasteiger partial charge in [0.2, 0.25) is 0 Å². The van der Waals surface area contributed by atoms with Gasteiger partial charge in [0.05, 0.1) is 24.9 Å². The molecular weight excluding hydrogens is 269 g/mol. The largest absolute Gasteiger partial charge is 0.506 e. The van der Waals surface area contributed by atoms with E-state index in [-0.39, 0.29) is 17.9 Å². The number of hydrogen-bond acceptors (Lipinski definition) is 6. The molecule has 1 aliphatic heterocycles. The standard InChI is InChI=1S/C13H14FNO5/c1-7(16)6-20-10-4-8(13-18-2-3-19-13)12(17)9(5-15)11(10)14/h4,7,13,16-17H,2-3,6H2,1H3/t7-/m1/s1. The van der Waals surface area contributed by atoms with E-state index in [4.69, 9.17) is 24.6 Å². The number of aliphatic hydroxyl groups is 1. The fourth-order valence-corrected chi connectivity index (χ4v) is 1.78. The molecule has 20 heavy (non-hydrogen) atoms. The Morgan fingerprint density at radius 3 is 2.75 bits per heavy atom. The van der Waals surface area contributed by atoms with Crippen LogP contribution in [0, 0.1) is 17.1 Å². The Bertz CT molecular complexity index is 535. The highest BCUT2D eigenvalue weighted by Gasteiger charge is 2.27. The first-order valence-corrected chi connectivity index (χ1v) is 6.04. The summed E-state index contributed by atoms with van der Waals surface area (Å²) in [4.78, 5) is 0. The van der Waals surface area contributed by atoms with E-state index in [1.54, 1.807) is 6.07 Å². The van der Waals surface area contributed by atoms with Crippen LogP contribution in [0.2, 0.25) is 0 Å². The molecule has 0 unspecified atom stereocenters. The summed E-state index contributed by atoms with van der Waals surface area (Å²) in [6.45, 7) is 2.02. The first-order valence-electron chi connectivity index (χ1n) is 6.04. The van der Waals surface area contributed by atoms with Crippen LogP contribution in [0.1, 0.15) is 24.3 Å². The molecule has 0 bridgehead atoms. The number of benzene rings is 1. The van der Waals surface area contributed by atoms with Crippen LogP contribution in [-0.4, -0.2) is 36.1 Å². The molecule has 108 valence electrons. The van der Waals surface area contributed by atoms with Crippen LogP contribution < -0.4 is 4.74 Å². The van der Waals surface area contributed by atoms with Gasteiger partial charge in [-0.3, -0.25) is 0 Å². The number of phenolic OH excluding ortho intramolecular Hbond substituents is 1. The molecule has 7 heteroatoms. The highest BCUT2D eigenvalue weighted by molar-refractivity contribution is 5.54. The van der Waals surface area contributed by atoms with Crippen LogP contribution in [0.3, 0.4) is 0 Å². The summed E-state index contributed by atoms with van der Waals surface area (Å²) in [5.41, 5.74) is -0.414. The van der Waals surface area contributed by atoms with E-state index in [9.17, 15) is 9.50 Å². The number of ether oxygens (including phenoxy) is 3. The minimum absolute atomic E-state index is 0.126. The maximum absolute atomic E-state index is 14.0. The Kier molecular flexibility index (Phi) is 4.39. The van der Waals surface area contributed by atoms with E-state index >= 15 is 0 Å². The monoisotopic (exact) mass is 283 g/mol. The summed E-state index contributed by atoms with van der Waals surface area (Å²) in [6.07, 6.45) is -1.66. The van der Waals surface area contributed by atoms with Crippen molar-refractivity contribution in [2.45, 2.75) is 19.3 Å². The molecule has 0 aliphatic carbocycles. The van der Waals surface area contributed by atoms with Crippen molar-refractivity contribution in [1.29, 1.82) is 5.26 Å². The van der Waals surface area contributed by atoms with Gasteiger partial charge >= 0.3 is 0 Å². The molecule has 6 nitrogen and oxygen atoms in total. The molecule has 0 amide bonds. The molecule has 1 saturated heterocycles. The number of hydrogen-bond donors (Lipinski definition) is 2. The molecule has 2 rings (SSSR count). The third-order valence-electron chi connectivity index (χ3n) is 2.70. The lowest BCUT2D eigenvalue weighted by atomic mass is 10.1. The summed E-state index contributed by atoms with van der Waals surface area (Å²) >= 11 is 0. The fourth-order valence-electron chi connectivity index (χ4n) is 1.78. The number of nitrogens with zero attached hydrogens (tertiary/aromatic N) is 1. The molecular formula is C13H14FNO5. The number of halogens is 1. The lowest BCUT2D eigenvalue weighted by molar-refractivity contribution is -0.0457. The van der Waals surface area contributed by atoms with Gasteiger partial charge in [0.15, 0.2) is 17.9 Å². The minimum atomic E-state index is -0.979. The number of aliphatic hydroxyl groups excluding tert-OH is 1. The lowest BCUT2D eigenvalue weighted by Crippen LogP contribution is -2.14. The van der Waals surface area contributed by atoms with E-state index in [1.165, 1.54) is 13.0 Å². The topological polar surface area (TPSA) is 91.9 Å². The van der Waals surface area contributed by atoms with Crippen LogP contribution in [0.5, 0.6) is 11.5 Å². The van der Waals surface area contributed by atoms with Gasteiger partial charge in [-0.1, -0.05) is 0 Å². The van der Waals surface area contributed by atoms with Crippen LogP contribution >= 0.6 is 0 Å². The molecule has 0 radical (unpaired) electrons. The molecule has 1 fully saturated rings. The van der Waals surface area contributed by atoms with E-state index in [1.807, 2.05) is 0 Å². The SMILES string of the molecule is C[C@@H](O)COc1cc(C2OCCO2)c(O)c(C#N)c1F. The van der Waals surface area contributed by atoms with Crippen molar-refractivity contribution < 1.29 is 28.8 Å². The molecule has 2 N–H and O–H groups in total. The second-order valence-electron chi connectivity index (χ2n) is 4.35. The lowest BCUT2D eigenvalue weighted by Gasteiger charge is -2.16. The molecule has 1 atom stereocenters. The highest BCUT2D eigenvalue weighted by atomic mass is 19.1. The predicted molar refractivity (Wildman–Crippen MR) is 64.6 cm³/mol. The van der Waals surface area contributed by atoms with Crippen molar-refractivity contribution in [3.63, 3.8) is 0 Å². The Labute approximate surface area is 114 Å². The maximum atomic E-state index is 14.0. The molecule has 1 heterocycles. The smallest absolute Gasteiger partial charge is 0.187 e. The average molecular weight is 283 g/mol. The second kappa shape index (κ2) is 6.05. The molecule has 1 aromatic rings. The van der Waals surface area contributed by atoms with Crippen molar-refractivity contribution in [2.75, 3.05) is 19.8 Å². The van der Waals surface area contributed by atoms with Gasteiger partial charge in [-0.15, -0.1) is 0 Å². The van der Waals surface area contributed by atoms with E-state index < -0.39 is 29.5 Å².